The number of phenolic OH excluding ortho intramolecular Hbond substituents is 2. The van der Waals surface area contributed by atoms with E-state index >= 15 is 0 Å². The molecule has 2 amide bonds. The van der Waals surface area contributed by atoms with Crippen molar-refractivity contribution in [3.05, 3.63) is 168 Å². The molecular weight excluding hydrogens is 873 g/mol. The van der Waals surface area contributed by atoms with E-state index in [-0.39, 0.29) is 32.1 Å². The van der Waals surface area contributed by atoms with Crippen molar-refractivity contribution in [2.45, 2.75) is 59.5 Å². The Morgan fingerprint density at radius 3 is 1.19 bits per heavy atom. The first-order chi connectivity index (χ1) is 33.3. The minimum absolute atomic E-state index is 0. The predicted octanol–water partition coefficient (Wildman–Crippen LogP) is 12.5. The number of rotatable bonds is 20. The topological polar surface area (TPSA) is 154 Å². The summed E-state index contributed by atoms with van der Waals surface area (Å²) in [5.41, 5.74) is 3.72. The second-order valence-corrected chi connectivity index (χ2v) is 16.2. The molecule has 8 rings (SSSR count). The molecule has 0 heterocycles. The summed E-state index contributed by atoms with van der Waals surface area (Å²) in [6.07, 6.45) is 2.29. The van der Waals surface area contributed by atoms with E-state index in [0.29, 0.717) is 45.1 Å². The molecule has 0 fully saturated rings. The monoisotopic (exact) mass is 934 g/mol. The summed E-state index contributed by atoms with van der Waals surface area (Å²) in [6, 6.07) is 47.0. The molecule has 12 nitrogen and oxygen atoms in total. The Kier molecular flexibility index (Phi) is 19.3. The summed E-state index contributed by atoms with van der Waals surface area (Å²) in [5, 5.41) is 33.5. The van der Waals surface area contributed by atoms with Gasteiger partial charge in [-0.1, -0.05) is 104 Å². The lowest BCUT2D eigenvalue weighted by molar-refractivity contribution is 0.115. The lowest BCUT2D eigenvalue weighted by Crippen LogP contribution is -2.25. The molecule has 0 radical (unpaired) electrons. The zero-order chi connectivity index (χ0) is 47.5. The number of hydrogen-bond acceptors (Lipinski definition) is 10. The highest BCUT2D eigenvalue weighted by Gasteiger charge is 2.12. The maximum absolute atomic E-state index is 12.3. The molecular formula is C57H62N2O10. The van der Waals surface area contributed by atoms with Crippen LogP contribution in [0.4, 0.5) is 9.59 Å². The fraction of sp³-hybridized carbons (Fsp3) is 0.263. The Bertz CT molecular complexity index is 2790. The fourth-order valence-electron chi connectivity index (χ4n) is 8.01. The lowest BCUT2D eigenvalue weighted by atomic mass is 9.97. The molecule has 0 saturated carbocycles. The van der Waals surface area contributed by atoms with E-state index in [9.17, 15) is 19.8 Å². The van der Waals surface area contributed by atoms with Crippen molar-refractivity contribution in [2.75, 3.05) is 40.5 Å². The van der Waals surface area contributed by atoms with Crippen molar-refractivity contribution in [1.82, 2.24) is 10.6 Å². The summed E-state index contributed by atoms with van der Waals surface area (Å²) >= 11 is 0. The van der Waals surface area contributed by atoms with Gasteiger partial charge in [0.05, 0.1) is 27.4 Å². The number of methoxy groups -OCH3 is 2. The molecule has 8 aromatic rings. The molecule has 8 aromatic carbocycles. The summed E-state index contributed by atoms with van der Waals surface area (Å²) in [4.78, 5) is 24.5. The van der Waals surface area contributed by atoms with Gasteiger partial charge in [0, 0.05) is 49.6 Å². The first kappa shape index (κ1) is 50.9. The molecule has 0 spiro atoms. The zero-order valence-corrected chi connectivity index (χ0v) is 38.5. The van der Waals surface area contributed by atoms with Crippen molar-refractivity contribution in [1.29, 1.82) is 0 Å². The van der Waals surface area contributed by atoms with Gasteiger partial charge in [0.15, 0.2) is 0 Å². The normalized spacial score (nSPS) is 10.8. The van der Waals surface area contributed by atoms with Gasteiger partial charge in [-0.2, -0.15) is 0 Å². The number of unbranched alkanes of at least 4 members (excludes halogenated alkanes) is 2. The minimum atomic E-state index is -0.442. The first-order valence-electron chi connectivity index (χ1n) is 22.8. The predicted molar refractivity (Wildman–Crippen MR) is 273 cm³/mol. The van der Waals surface area contributed by atoms with Crippen LogP contribution in [0.2, 0.25) is 0 Å². The third kappa shape index (κ3) is 14.7. The number of phenols is 2. The van der Waals surface area contributed by atoms with Crippen LogP contribution in [0.3, 0.4) is 0 Å². The van der Waals surface area contributed by atoms with Gasteiger partial charge in [0.25, 0.3) is 0 Å². The quantitative estimate of drug-likeness (QED) is 0.0429. The maximum Gasteiger partial charge on any atom is 0.407 e. The van der Waals surface area contributed by atoms with Gasteiger partial charge in [-0.3, -0.25) is 0 Å². The van der Waals surface area contributed by atoms with Crippen LogP contribution in [-0.2, 0) is 45.4 Å². The molecule has 0 aliphatic heterocycles. The molecule has 0 aliphatic rings. The molecule has 0 aromatic heterocycles. The number of amides is 2. The molecule has 360 valence electrons. The van der Waals surface area contributed by atoms with Gasteiger partial charge in [0.2, 0.25) is 0 Å². The van der Waals surface area contributed by atoms with Crippen molar-refractivity contribution >= 4 is 55.3 Å². The van der Waals surface area contributed by atoms with E-state index in [1.54, 1.807) is 26.4 Å². The minimum Gasteiger partial charge on any atom is -0.508 e. The van der Waals surface area contributed by atoms with E-state index in [0.717, 1.165) is 97.0 Å². The third-order valence-electron chi connectivity index (χ3n) is 11.3. The van der Waals surface area contributed by atoms with Crippen LogP contribution in [0.25, 0.3) is 43.1 Å². The van der Waals surface area contributed by atoms with Crippen LogP contribution in [0.15, 0.2) is 146 Å². The second-order valence-electron chi connectivity index (χ2n) is 16.2. The molecule has 0 saturated heterocycles. The molecule has 0 aliphatic carbocycles. The van der Waals surface area contributed by atoms with E-state index in [1.807, 2.05) is 66.7 Å². The van der Waals surface area contributed by atoms with E-state index in [2.05, 4.69) is 71.3 Å². The third-order valence-corrected chi connectivity index (χ3v) is 11.3. The maximum atomic E-state index is 12.3. The first-order valence-corrected chi connectivity index (χ1v) is 22.8. The average Bonchev–Trinajstić information content (AvgIpc) is 3.35. The number of alkyl carbamates (subject to hydrolysis) is 2. The molecule has 0 bridgehead atoms. The van der Waals surface area contributed by atoms with Crippen LogP contribution in [-0.4, -0.2) is 62.9 Å². The average molecular weight is 935 g/mol. The largest absolute Gasteiger partial charge is 0.508 e. The molecule has 12 heteroatoms. The Morgan fingerprint density at radius 1 is 0.449 bits per heavy atom. The number of aromatic hydroxyl groups is 2. The Balaban J connectivity index is 0.000000224. The van der Waals surface area contributed by atoms with Crippen LogP contribution in [0, 0.1) is 0 Å². The molecule has 0 atom stereocenters. The molecule has 4 N–H and O–H groups in total. The van der Waals surface area contributed by atoms with E-state index < -0.39 is 12.2 Å². The van der Waals surface area contributed by atoms with Crippen LogP contribution < -0.4 is 20.1 Å². The number of carbonyl (C=O) groups excluding carboxylic acids is 2. The highest BCUT2D eigenvalue weighted by Crippen LogP contribution is 2.31. The summed E-state index contributed by atoms with van der Waals surface area (Å²) in [5.74, 6) is 1.49. The SMILES string of the molecule is C.COc1cc(COCCCCNC(=O)OCc2c3ccccc3cc3ccccc23)cc(OC)c1.O=C(NCCCCOCc1cc(O)cc(O)c1)OCc1c2ccccc2cc2ccccc12. The molecule has 0 unspecified atom stereocenters. The highest BCUT2D eigenvalue weighted by molar-refractivity contribution is 6.03. The van der Waals surface area contributed by atoms with Gasteiger partial charge >= 0.3 is 12.2 Å². The Labute approximate surface area is 403 Å². The van der Waals surface area contributed by atoms with Gasteiger partial charge in [0.1, 0.15) is 36.2 Å². The standard InChI is InChI=1S/C29H31NO5.C27H27NO5.CH4/c1-32-24-15-21(16-25(18-24)33-2)19-34-14-8-7-13-30-29(31)35-20-28-26-11-5-3-9-22(26)17-23-10-4-6-12-27(23)28;29-22-13-19(14-23(30)16-22)17-32-12-6-5-11-28-27(31)33-18-26-24-9-3-1-7-20(24)15-21-8-2-4-10-25(21)26;/h3-6,9-12,15-18H,7-8,13-14,19-20H2,1-2H3,(H,30,31);1-4,7-10,13-16,29-30H,5-6,11-12,17-18H2,(H,28,31);1H4. The molecule has 69 heavy (non-hydrogen) atoms. The number of ether oxygens (including phenoxy) is 6. The van der Waals surface area contributed by atoms with Gasteiger partial charge in [-0.15, -0.1) is 0 Å². The van der Waals surface area contributed by atoms with E-state index in [4.69, 9.17) is 28.4 Å². The smallest absolute Gasteiger partial charge is 0.407 e. The van der Waals surface area contributed by atoms with Crippen LogP contribution in [0.5, 0.6) is 23.0 Å². The van der Waals surface area contributed by atoms with Crippen molar-refractivity contribution in [3.8, 4) is 23.0 Å². The number of carbonyl (C=O) groups is 2. The second kappa shape index (κ2) is 26.1. The van der Waals surface area contributed by atoms with E-state index in [1.165, 1.54) is 6.07 Å². The number of nitrogens with one attached hydrogen (secondary N) is 2. The van der Waals surface area contributed by atoms with Crippen LogP contribution >= 0.6 is 0 Å². The summed E-state index contributed by atoms with van der Waals surface area (Å²) in [7, 11) is 3.25. The lowest BCUT2D eigenvalue weighted by Gasteiger charge is -2.13. The van der Waals surface area contributed by atoms with Gasteiger partial charge in [-0.25, -0.2) is 9.59 Å². The Morgan fingerprint density at radius 2 is 0.812 bits per heavy atom. The van der Waals surface area contributed by atoms with Crippen molar-refractivity contribution in [2.24, 2.45) is 0 Å². The fourth-order valence-corrected chi connectivity index (χ4v) is 8.01. The summed E-state index contributed by atoms with van der Waals surface area (Å²) in [6.45, 7) is 3.33. The Hall–Kier alpha value is -7.54. The van der Waals surface area contributed by atoms with Crippen molar-refractivity contribution < 1.29 is 48.2 Å². The van der Waals surface area contributed by atoms with Gasteiger partial charge < -0.3 is 49.3 Å². The van der Waals surface area contributed by atoms with Crippen molar-refractivity contribution in [3.63, 3.8) is 0 Å². The highest BCUT2D eigenvalue weighted by atomic mass is 16.6. The number of hydrogen-bond donors (Lipinski definition) is 4. The van der Waals surface area contributed by atoms with Gasteiger partial charge in [-0.05, 0) is 116 Å². The zero-order valence-electron chi connectivity index (χ0n) is 38.5. The summed E-state index contributed by atoms with van der Waals surface area (Å²) < 4.78 is 33.0. The number of benzene rings is 8. The van der Waals surface area contributed by atoms with Crippen LogP contribution in [0.1, 0.15) is 55.4 Å². The number of fused-ring (bicyclic) bond motifs is 4.